The second-order valence-electron chi connectivity index (χ2n) is 1.71. The molecule has 0 unspecified atom stereocenters. The van der Waals surface area contributed by atoms with Crippen molar-refractivity contribution in [1.82, 2.24) is 10.3 Å². The Kier molecular flexibility index (Phi) is 0.858. The third-order valence-electron chi connectivity index (χ3n) is 1.11. The molecule has 2 rings (SSSR count). The fourth-order valence-corrected chi connectivity index (χ4v) is 0.663. The minimum absolute atomic E-state index is 0.127. The minimum Gasteiger partial charge on any atom is -0.430 e. The standard InChI is InChI=1S/C5H2N2O3/c8-5-4-3(1-2-9-5)6-10-7-4/h1-2H. The third-order valence-corrected chi connectivity index (χ3v) is 1.11. The molecule has 10 heavy (non-hydrogen) atoms. The van der Waals surface area contributed by atoms with Gasteiger partial charge in [-0.15, -0.1) is 0 Å². The molecule has 0 N–H and O–H groups in total. The Balaban J connectivity index is 3.09. The molecule has 5 nitrogen and oxygen atoms in total. The summed E-state index contributed by atoms with van der Waals surface area (Å²) in [4.78, 5) is 10.7. The first-order valence-corrected chi connectivity index (χ1v) is 2.58. The maximum Gasteiger partial charge on any atom is 0.367 e. The second-order valence-corrected chi connectivity index (χ2v) is 1.71. The number of aromatic nitrogens is 2. The lowest BCUT2D eigenvalue weighted by atomic mass is 10.4. The Morgan fingerprint density at radius 2 is 2.30 bits per heavy atom. The smallest absolute Gasteiger partial charge is 0.367 e. The highest BCUT2D eigenvalue weighted by molar-refractivity contribution is 5.70. The largest absolute Gasteiger partial charge is 0.430 e. The Labute approximate surface area is 54.2 Å². The molecule has 0 fully saturated rings. The van der Waals surface area contributed by atoms with E-state index in [4.69, 9.17) is 0 Å². The van der Waals surface area contributed by atoms with E-state index >= 15 is 0 Å². The van der Waals surface area contributed by atoms with Gasteiger partial charge in [0.15, 0.2) is 0 Å². The Hall–Kier alpha value is -1.65. The monoisotopic (exact) mass is 138 g/mol. The van der Waals surface area contributed by atoms with Gasteiger partial charge in [0.2, 0.25) is 5.52 Å². The van der Waals surface area contributed by atoms with Crippen LogP contribution in [0.15, 0.2) is 26.2 Å². The van der Waals surface area contributed by atoms with Crippen LogP contribution in [-0.2, 0) is 0 Å². The third kappa shape index (κ3) is 0.540. The quantitative estimate of drug-likeness (QED) is 0.519. The first-order valence-electron chi connectivity index (χ1n) is 2.58. The Bertz CT molecular complexity index is 402. The summed E-state index contributed by atoms with van der Waals surface area (Å²) in [6.45, 7) is 0. The molecule has 0 spiro atoms. The molecule has 0 aliphatic heterocycles. The summed E-state index contributed by atoms with van der Waals surface area (Å²) in [7, 11) is 0. The molecule has 0 bridgehead atoms. The summed E-state index contributed by atoms with van der Waals surface area (Å²) in [5.41, 5.74) is 0.0116. The number of hydrogen-bond acceptors (Lipinski definition) is 5. The van der Waals surface area contributed by atoms with Crippen LogP contribution in [0.25, 0.3) is 11.0 Å². The van der Waals surface area contributed by atoms with Crippen LogP contribution < -0.4 is 5.63 Å². The first-order chi connectivity index (χ1) is 4.88. The van der Waals surface area contributed by atoms with Crippen molar-refractivity contribution in [2.75, 3.05) is 0 Å². The molecule has 0 saturated carbocycles. The van der Waals surface area contributed by atoms with Gasteiger partial charge in [-0.3, -0.25) is 0 Å². The summed E-state index contributed by atoms with van der Waals surface area (Å²) in [6, 6.07) is 1.51. The lowest BCUT2D eigenvalue weighted by Crippen LogP contribution is -1.96. The molecule has 0 amide bonds. The molecular weight excluding hydrogens is 136 g/mol. The van der Waals surface area contributed by atoms with E-state index < -0.39 is 5.63 Å². The van der Waals surface area contributed by atoms with E-state index in [9.17, 15) is 4.79 Å². The average Bonchev–Trinajstić information content (AvgIpc) is 2.36. The number of rotatable bonds is 0. The maximum absolute atomic E-state index is 10.7. The molecule has 2 aromatic rings. The van der Waals surface area contributed by atoms with Crippen LogP contribution in [0.2, 0.25) is 0 Å². The molecule has 0 atom stereocenters. The van der Waals surface area contributed by atoms with Gasteiger partial charge in [-0.05, 0) is 10.3 Å². The highest BCUT2D eigenvalue weighted by Crippen LogP contribution is 2.00. The van der Waals surface area contributed by atoms with Gasteiger partial charge in [-0.25, -0.2) is 9.42 Å². The van der Waals surface area contributed by atoms with Gasteiger partial charge in [-0.1, -0.05) is 0 Å². The van der Waals surface area contributed by atoms with E-state index in [1.807, 2.05) is 0 Å². The van der Waals surface area contributed by atoms with Gasteiger partial charge in [-0.2, -0.15) is 0 Å². The van der Waals surface area contributed by atoms with E-state index in [2.05, 4.69) is 19.4 Å². The minimum atomic E-state index is -0.529. The van der Waals surface area contributed by atoms with Gasteiger partial charge in [0.1, 0.15) is 5.52 Å². The fraction of sp³-hybridized carbons (Fsp3) is 0. The summed E-state index contributed by atoms with van der Waals surface area (Å²) in [5.74, 6) is 0. The van der Waals surface area contributed by atoms with Crippen molar-refractivity contribution in [3.63, 3.8) is 0 Å². The van der Waals surface area contributed by atoms with Crippen molar-refractivity contribution in [3.05, 3.63) is 22.7 Å². The fourth-order valence-electron chi connectivity index (χ4n) is 0.663. The molecule has 0 aromatic carbocycles. The van der Waals surface area contributed by atoms with Gasteiger partial charge in [0.25, 0.3) is 0 Å². The van der Waals surface area contributed by atoms with Gasteiger partial charge < -0.3 is 4.42 Å². The second kappa shape index (κ2) is 1.66. The zero-order valence-corrected chi connectivity index (χ0v) is 4.77. The molecule has 2 aromatic heterocycles. The molecular formula is C5H2N2O3. The summed E-state index contributed by atoms with van der Waals surface area (Å²) >= 11 is 0. The lowest BCUT2D eigenvalue weighted by Gasteiger charge is -1.76. The number of hydrogen-bond donors (Lipinski definition) is 0. The Morgan fingerprint density at radius 1 is 1.40 bits per heavy atom. The van der Waals surface area contributed by atoms with Crippen LogP contribution in [0.4, 0.5) is 0 Å². The summed E-state index contributed by atoms with van der Waals surface area (Å²) in [6.07, 6.45) is 1.24. The zero-order chi connectivity index (χ0) is 6.97. The molecule has 0 radical (unpaired) electrons. The lowest BCUT2D eigenvalue weighted by molar-refractivity contribution is 0.315. The average molecular weight is 138 g/mol. The van der Waals surface area contributed by atoms with Crippen molar-refractivity contribution in [2.45, 2.75) is 0 Å². The van der Waals surface area contributed by atoms with E-state index in [1.54, 1.807) is 0 Å². The van der Waals surface area contributed by atoms with Crippen LogP contribution in [0.5, 0.6) is 0 Å². The van der Waals surface area contributed by atoms with Crippen LogP contribution in [0, 0.1) is 0 Å². The molecule has 5 heteroatoms. The van der Waals surface area contributed by atoms with Crippen molar-refractivity contribution in [2.24, 2.45) is 0 Å². The molecule has 2 heterocycles. The molecule has 0 saturated heterocycles. The van der Waals surface area contributed by atoms with Crippen LogP contribution >= 0.6 is 0 Å². The van der Waals surface area contributed by atoms with Crippen LogP contribution in [-0.4, -0.2) is 10.3 Å². The van der Waals surface area contributed by atoms with Crippen molar-refractivity contribution >= 4 is 11.0 Å². The first kappa shape index (κ1) is 5.16. The van der Waals surface area contributed by atoms with E-state index in [-0.39, 0.29) is 5.52 Å². The SMILES string of the molecule is O=c1occc2nonc12. The van der Waals surface area contributed by atoms with Crippen molar-refractivity contribution in [3.8, 4) is 0 Å². The van der Waals surface area contributed by atoms with E-state index in [0.29, 0.717) is 5.52 Å². The van der Waals surface area contributed by atoms with E-state index in [0.717, 1.165) is 0 Å². The topological polar surface area (TPSA) is 69.1 Å². The summed E-state index contributed by atoms with van der Waals surface area (Å²) in [5, 5.41) is 6.76. The van der Waals surface area contributed by atoms with Crippen LogP contribution in [0.3, 0.4) is 0 Å². The molecule has 0 aliphatic rings. The van der Waals surface area contributed by atoms with Crippen molar-refractivity contribution in [1.29, 1.82) is 0 Å². The number of nitrogens with zero attached hydrogens (tertiary/aromatic N) is 2. The predicted octanol–water partition coefficient (Wildman–Crippen LogP) is 0.176. The molecule has 50 valence electrons. The maximum atomic E-state index is 10.7. The highest BCUT2D eigenvalue weighted by Gasteiger charge is 2.03. The van der Waals surface area contributed by atoms with Crippen molar-refractivity contribution < 1.29 is 9.05 Å². The van der Waals surface area contributed by atoms with Gasteiger partial charge in [0.05, 0.1) is 6.26 Å². The Morgan fingerprint density at radius 3 is 3.10 bits per heavy atom. The van der Waals surface area contributed by atoms with Crippen LogP contribution in [0.1, 0.15) is 0 Å². The normalized spacial score (nSPS) is 10.4. The molecule has 0 aliphatic carbocycles. The van der Waals surface area contributed by atoms with E-state index in [1.165, 1.54) is 12.3 Å². The van der Waals surface area contributed by atoms with Gasteiger partial charge >= 0.3 is 5.63 Å². The highest BCUT2D eigenvalue weighted by atomic mass is 16.6. The predicted molar refractivity (Wildman–Crippen MR) is 30.3 cm³/mol. The summed E-state index contributed by atoms with van der Waals surface area (Å²) < 4.78 is 8.77. The van der Waals surface area contributed by atoms with Gasteiger partial charge in [0, 0.05) is 6.07 Å². The zero-order valence-electron chi connectivity index (χ0n) is 4.77. The number of fused-ring (bicyclic) bond motifs is 1.